The van der Waals surface area contributed by atoms with Gasteiger partial charge in [0.2, 0.25) is 5.91 Å². The molecule has 22 heavy (non-hydrogen) atoms. The molecule has 3 rings (SSSR count). The summed E-state index contributed by atoms with van der Waals surface area (Å²) in [6.07, 6.45) is 5.43. The monoisotopic (exact) mass is 319 g/mol. The summed E-state index contributed by atoms with van der Waals surface area (Å²) in [5.74, 6) is -1.94. The first-order chi connectivity index (χ1) is 10.6. The van der Waals surface area contributed by atoms with Crippen LogP contribution in [0.3, 0.4) is 0 Å². The zero-order valence-electron chi connectivity index (χ0n) is 12.0. The summed E-state index contributed by atoms with van der Waals surface area (Å²) in [7, 11) is 0. The standard InChI is InChI=1S/C17H18ClNO3/c18-13-5-1-10(2-6-13)7-8-19-16(20)14-11-3-4-12(9-11)15(14)17(21)22/h1-6,11-12,14-15H,7-9H2,(H,19,20)(H,21,22)/t11-,12-,14+,15+/m0/s1. The first-order valence-electron chi connectivity index (χ1n) is 7.49. The number of carbonyl (C=O) groups excluding carboxylic acids is 1. The Labute approximate surface area is 134 Å². The number of aliphatic carboxylic acids is 1. The SMILES string of the molecule is O=C(O)[C@H]1[C@H](C(=O)NCCc2ccc(Cl)cc2)[C@H]2C=C[C@H]1C2. The second-order valence-electron chi connectivity index (χ2n) is 6.01. The first kappa shape index (κ1) is 15.1. The molecule has 0 aliphatic heterocycles. The molecule has 0 aromatic heterocycles. The highest BCUT2D eigenvalue weighted by Gasteiger charge is 2.51. The third-order valence-electron chi connectivity index (χ3n) is 4.67. The minimum absolute atomic E-state index is 0.00881. The molecule has 2 bridgehead atoms. The Hall–Kier alpha value is -1.81. The van der Waals surface area contributed by atoms with Gasteiger partial charge in [-0.25, -0.2) is 0 Å². The van der Waals surface area contributed by atoms with Gasteiger partial charge in [0.1, 0.15) is 0 Å². The van der Waals surface area contributed by atoms with E-state index in [4.69, 9.17) is 11.6 Å². The predicted octanol–water partition coefficient (Wildman–Crippen LogP) is 2.52. The molecule has 1 amide bonds. The number of carboxylic acid groups (broad SMARTS) is 1. The van der Waals surface area contributed by atoms with Crippen molar-refractivity contribution in [3.05, 3.63) is 47.0 Å². The molecule has 2 aliphatic carbocycles. The highest BCUT2D eigenvalue weighted by Crippen LogP contribution is 2.48. The number of halogens is 1. The van der Waals surface area contributed by atoms with E-state index in [0.717, 1.165) is 12.0 Å². The number of nitrogens with one attached hydrogen (secondary N) is 1. The molecular weight excluding hydrogens is 302 g/mol. The fourth-order valence-corrected chi connectivity index (χ4v) is 3.74. The van der Waals surface area contributed by atoms with Gasteiger partial charge in [-0.05, 0) is 42.4 Å². The number of hydrogen-bond donors (Lipinski definition) is 2. The summed E-state index contributed by atoms with van der Waals surface area (Å²) in [5.41, 5.74) is 1.09. The van der Waals surface area contributed by atoms with Gasteiger partial charge in [-0.1, -0.05) is 35.9 Å². The van der Waals surface area contributed by atoms with E-state index >= 15 is 0 Å². The largest absolute Gasteiger partial charge is 0.481 e. The summed E-state index contributed by atoms with van der Waals surface area (Å²) >= 11 is 5.83. The average molecular weight is 320 g/mol. The van der Waals surface area contributed by atoms with E-state index < -0.39 is 17.8 Å². The molecule has 4 atom stereocenters. The van der Waals surface area contributed by atoms with Crippen molar-refractivity contribution in [2.75, 3.05) is 6.54 Å². The van der Waals surface area contributed by atoms with Crippen LogP contribution in [0.1, 0.15) is 12.0 Å². The molecule has 1 aromatic rings. The van der Waals surface area contributed by atoms with Crippen molar-refractivity contribution in [2.45, 2.75) is 12.8 Å². The molecule has 1 aromatic carbocycles. The molecule has 0 saturated heterocycles. The van der Waals surface area contributed by atoms with Gasteiger partial charge >= 0.3 is 5.97 Å². The molecule has 0 unspecified atom stereocenters. The van der Waals surface area contributed by atoms with Crippen molar-refractivity contribution in [3.8, 4) is 0 Å². The molecule has 0 radical (unpaired) electrons. The van der Waals surface area contributed by atoms with Crippen LogP contribution >= 0.6 is 11.6 Å². The third-order valence-corrected chi connectivity index (χ3v) is 4.93. The molecule has 2 N–H and O–H groups in total. The van der Waals surface area contributed by atoms with Crippen LogP contribution in [0.4, 0.5) is 0 Å². The first-order valence-corrected chi connectivity index (χ1v) is 7.87. The topological polar surface area (TPSA) is 66.4 Å². The Balaban J connectivity index is 1.56. The lowest BCUT2D eigenvalue weighted by Gasteiger charge is -2.23. The zero-order chi connectivity index (χ0) is 15.7. The fourth-order valence-electron chi connectivity index (χ4n) is 3.62. The number of rotatable bonds is 5. The molecule has 1 saturated carbocycles. The van der Waals surface area contributed by atoms with Crippen LogP contribution in [0.5, 0.6) is 0 Å². The number of hydrogen-bond acceptors (Lipinski definition) is 2. The molecular formula is C17H18ClNO3. The van der Waals surface area contributed by atoms with Crippen molar-refractivity contribution in [1.82, 2.24) is 5.32 Å². The summed E-state index contributed by atoms with van der Waals surface area (Å²) in [5, 5.41) is 12.9. The van der Waals surface area contributed by atoms with Gasteiger partial charge in [0.05, 0.1) is 11.8 Å². The van der Waals surface area contributed by atoms with Gasteiger partial charge in [-0.3, -0.25) is 9.59 Å². The van der Waals surface area contributed by atoms with Gasteiger partial charge < -0.3 is 10.4 Å². The van der Waals surface area contributed by atoms with Gasteiger partial charge in [0.15, 0.2) is 0 Å². The molecule has 116 valence electrons. The molecule has 2 aliphatic rings. The lowest BCUT2D eigenvalue weighted by Crippen LogP contribution is -2.40. The van der Waals surface area contributed by atoms with Gasteiger partial charge in [-0.15, -0.1) is 0 Å². The normalized spacial score (nSPS) is 28.8. The number of fused-ring (bicyclic) bond motifs is 2. The lowest BCUT2D eigenvalue weighted by atomic mass is 9.82. The molecule has 0 spiro atoms. The summed E-state index contributed by atoms with van der Waals surface area (Å²) in [4.78, 5) is 23.8. The minimum atomic E-state index is -0.866. The summed E-state index contributed by atoms with van der Waals surface area (Å²) in [6, 6.07) is 7.49. The Kier molecular flexibility index (Phi) is 4.21. The highest BCUT2D eigenvalue weighted by molar-refractivity contribution is 6.30. The van der Waals surface area contributed by atoms with Crippen molar-refractivity contribution in [1.29, 1.82) is 0 Å². The number of amides is 1. The maximum atomic E-state index is 12.4. The van der Waals surface area contributed by atoms with E-state index in [-0.39, 0.29) is 17.7 Å². The van der Waals surface area contributed by atoms with Gasteiger partial charge in [0.25, 0.3) is 0 Å². The number of allylic oxidation sites excluding steroid dienone is 2. The fraction of sp³-hybridized carbons (Fsp3) is 0.412. The van der Waals surface area contributed by atoms with E-state index in [2.05, 4.69) is 5.32 Å². The maximum absolute atomic E-state index is 12.4. The van der Waals surface area contributed by atoms with Crippen LogP contribution in [-0.4, -0.2) is 23.5 Å². The number of carbonyl (C=O) groups is 2. The van der Waals surface area contributed by atoms with Gasteiger partial charge in [-0.2, -0.15) is 0 Å². The van der Waals surface area contributed by atoms with E-state index in [1.165, 1.54) is 0 Å². The van der Waals surface area contributed by atoms with E-state index in [1.54, 1.807) is 0 Å². The van der Waals surface area contributed by atoms with E-state index in [1.807, 2.05) is 36.4 Å². The molecule has 4 nitrogen and oxygen atoms in total. The molecule has 1 fully saturated rings. The summed E-state index contributed by atoms with van der Waals surface area (Å²) < 4.78 is 0. The lowest BCUT2D eigenvalue weighted by molar-refractivity contribution is -0.147. The maximum Gasteiger partial charge on any atom is 0.307 e. The van der Waals surface area contributed by atoms with E-state index in [9.17, 15) is 14.7 Å². The van der Waals surface area contributed by atoms with Crippen molar-refractivity contribution in [2.24, 2.45) is 23.7 Å². The van der Waals surface area contributed by atoms with Crippen LogP contribution in [-0.2, 0) is 16.0 Å². The second kappa shape index (κ2) is 6.13. The smallest absolute Gasteiger partial charge is 0.307 e. The quantitative estimate of drug-likeness (QED) is 0.820. The minimum Gasteiger partial charge on any atom is -0.481 e. The zero-order valence-corrected chi connectivity index (χ0v) is 12.8. The number of carboxylic acids is 1. The van der Waals surface area contributed by atoms with Crippen LogP contribution in [0.25, 0.3) is 0 Å². The molecule has 0 heterocycles. The summed E-state index contributed by atoms with van der Waals surface area (Å²) in [6.45, 7) is 0.504. The average Bonchev–Trinajstić information content (AvgIpc) is 3.09. The third kappa shape index (κ3) is 2.88. The van der Waals surface area contributed by atoms with Crippen LogP contribution < -0.4 is 5.32 Å². The number of benzene rings is 1. The Morgan fingerprint density at radius 3 is 2.41 bits per heavy atom. The van der Waals surface area contributed by atoms with Crippen molar-refractivity contribution < 1.29 is 14.7 Å². The Morgan fingerprint density at radius 2 is 1.77 bits per heavy atom. The van der Waals surface area contributed by atoms with Crippen LogP contribution in [0.2, 0.25) is 5.02 Å². The van der Waals surface area contributed by atoms with Crippen LogP contribution in [0.15, 0.2) is 36.4 Å². The highest BCUT2D eigenvalue weighted by atomic mass is 35.5. The second-order valence-corrected chi connectivity index (χ2v) is 6.44. The van der Waals surface area contributed by atoms with Gasteiger partial charge in [0, 0.05) is 11.6 Å². The van der Waals surface area contributed by atoms with E-state index in [0.29, 0.717) is 18.0 Å². The van der Waals surface area contributed by atoms with Crippen molar-refractivity contribution >= 4 is 23.5 Å². The predicted molar refractivity (Wildman–Crippen MR) is 83.5 cm³/mol. The molecule has 5 heteroatoms. The Morgan fingerprint density at radius 1 is 1.14 bits per heavy atom. The van der Waals surface area contributed by atoms with Crippen molar-refractivity contribution in [3.63, 3.8) is 0 Å². The van der Waals surface area contributed by atoms with Crippen LogP contribution in [0, 0.1) is 23.7 Å². The Bertz CT molecular complexity index is 611.